The highest BCUT2D eigenvalue weighted by atomic mass is 35.5. The average molecular weight is 275 g/mol. The average Bonchev–Trinajstić information content (AvgIpc) is 2.30. The van der Waals surface area contributed by atoms with Gasteiger partial charge in [-0.25, -0.2) is 9.18 Å². The van der Waals surface area contributed by atoms with Gasteiger partial charge in [-0.2, -0.15) is 0 Å². The van der Waals surface area contributed by atoms with E-state index in [9.17, 15) is 9.18 Å². The van der Waals surface area contributed by atoms with Crippen LogP contribution >= 0.6 is 11.6 Å². The third-order valence-corrected chi connectivity index (χ3v) is 2.50. The van der Waals surface area contributed by atoms with E-state index in [1.54, 1.807) is 14.1 Å². The van der Waals surface area contributed by atoms with Crippen LogP contribution in [0.2, 0.25) is 5.02 Å². The van der Waals surface area contributed by atoms with Crippen molar-refractivity contribution in [1.29, 1.82) is 0 Å². The Labute approximate surface area is 110 Å². The zero-order valence-corrected chi connectivity index (χ0v) is 11.0. The molecule has 0 aromatic heterocycles. The molecule has 5 nitrogen and oxygen atoms in total. The molecular formula is C11H16ClFN4O. The Kier molecular flexibility index (Phi) is 5.03. The molecule has 1 rings (SSSR count). The molecule has 0 radical (unpaired) electrons. The molecule has 0 atom stereocenters. The number of amides is 2. The van der Waals surface area contributed by atoms with Crippen LogP contribution in [0.25, 0.3) is 0 Å². The predicted molar refractivity (Wildman–Crippen MR) is 71.4 cm³/mol. The van der Waals surface area contributed by atoms with Crippen LogP contribution in [0.5, 0.6) is 0 Å². The lowest BCUT2D eigenvalue weighted by Gasteiger charge is -2.13. The number of carbonyl (C=O) groups is 1. The van der Waals surface area contributed by atoms with E-state index in [-0.39, 0.29) is 16.7 Å². The first-order valence-corrected chi connectivity index (χ1v) is 5.73. The van der Waals surface area contributed by atoms with Crippen LogP contribution in [0.3, 0.4) is 0 Å². The number of benzene rings is 1. The Balaban J connectivity index is 2.45. The topological polar surface area (TPSA) is 70.4 Å². The maximum absolute atomic E-state index is 13.0. The minimum atomic E-state index is -0.555. The van der Waals surface area contributed by atoms with Crippen molar-refractivity contribution in [2.75, 3.05) is 38.2 Å². The van der Waals surface area contributed by atoms with E-state index in [4.69, 9.17) is 17.3 Å². The standard InChI is InChI=1S/C11H16ClFN4O/c1-17(2)11(18)16-4-3-15-10-5-7(12)8(13)6-9(10)14/h5-6,15H,3-4,14H2,1-2H3,(H,16,18). The van der Waals surface area contributed by atoms with Crippen LogP contribution in [-0.4, -0.2) is 38.1 Å². The van der Waals surface area contributed by atoms with Crippen molar-refractivity contribution < 1.29 is 9.18 Å². The molecule has 18 heavy (non-hydrogen) atoms. The van der Waals surface area contributed by atoms with Crippen molar-refractivity contribution in [3.8, 4) is 0 Å². The van der Waals surface area contributed by atoms with Crippen molar-refractivity contribution in [2.24, 2.45) is 0 Å². The number of carbonyl (C=O) groups excluding carboxylic acids is 1. The molecule has 1 aromatic rings. The van der Waals surface area contributed by atoms with Gasteiger partial charge in [-0.05, 0) is 6.07 Å². The van der Waals surface area contributed by atoms with Gasteiger partial charge in [0.2, 0.25) is 0 Å². The predicted octanol–water partition coefficient (Wildman–Crippen LogP) is 1.74. The summed E-state index contributed by atoms with van der Waals surface area (Å²) in [5.41, 5.74) is 6.44. The molecule has 100 valence electrons. The first-order chi connectivity index (χ1) is 8.41. The van der Waals surface area contributed by atoms with Gasteiger partial charge in [-0.3, -0.25) is 0 Å². The van der Waals surface area contributed by atoms with Gasteiger partial charge in [-0.15, -0.1) is 0 Å². The van der Waals surface area contributed by atoms with Crippen molar-refractivity contribution in [3.05, 3.63) is 23.0 Å². The number of hydrogen-bond acceptors (Lipinski definition) is 3. The molecule has 1 aromatic carbocycles. The van der Waals surface area contributed by atoms with E-state index in [0.717, 1.165) is 6.07 Å². The quantitative estimate of drug-likeness (QED) is 0.579. The Hall–Kier alpha value is -1.69. The fourth-order valence-electron chi connectivity index (χ4n) is 1.24. The lowest BCUT2D eigenvalue weighted by molar-refractivity contribution is 0.218. The van der Waals surface area contributed by atoms with Crippen LogP contribution in [0, 0.1) is 5.82 Å². The number of halogens is 2. The Bertz CT molecular complexity index is 439. The second-order valence-electron chi connectivity index (χ2n) is 3.91. The fourth-order valence-corrected chi connectivity index (χ4v) is 1.40. The summed E-state index contributed by atoms with van der Waals surface area (Å²) in [7, 11) is 3.31. The second kappa shape index (κ2) is 6.30. The van der Waals surface area contributed by atoms with Gasteiger partial charge < -0.3 is 21.3 Å². The Morgan fingerprint density at radius 1 is 1.44 bits per heavy atom. The molecule has 0 saturated carbocycles. The monoisotopic (exact) mass is 274 g/mol. The lowest BCUT2D eigenvalue weighted by atomic mass is 10.2. The first kappa shape index (κ1) is 14.4. The number of nitrogens with zero attached hydrogens (tertiary/aromatic N) is 1. The van der Waals surface area contributed by atoms with E-state index in [2.05, 4.69) is 10.6 Å². The highest BCUT2D eigenvalue weighted by Crippen LogP contribution is 2.25. The van der Waals surface area contributed by atoms with E-state index >= 15 is 0 Å². The van der Waals surface area contributed by atoms with Crippen molar-refractivity contribution in [3.63, 3.8) is 0 Å². The second-order valence-corrected chi connectivity index (χ2v) is 4.31. The number of hydrogen-bond donors (Lipinski definition) is 3. The number of nitrogens with two attached hydrogens (primary N) is 1. The Morgan fingerprint density at radius 2 is 2.11 bits per heavy atom. The zero-order chi connectivity index (χ0) is 13.7. The van der Waals surface area contributed by atoms with E-state index < -0.39 is 5.82 Å². The molecule has 2 amide bonds. The molecular weight excluding hydrogens is 259 g/mol. The zero-order valence-electron chi connectivity index (χ0n) is 10.3. The van der Waals surface area contributed by atoms with Crippen molar-refractivity contribution >= 4 is 29.0 Å². The van der Waals surface area contributed by atoms with Crippen molar-refractivity contribution in [1.82, 2.24) is 10.2 Å². The van der Waals surface area contributed by atoms with Gasteiger partial charge in [0, 0.05) is 33.3 Å². The van der Waals surface area contributed by atoms with Gasteiger partial charge in [0.05, 0.1) is 16.4 Å². The third kappa shape index (κ3) is 3.96. The molecule has 7 heteroatoms. The summed E-state index contributed by atoms with van der Waals surface area (Å²) >= 11 is 5.64. The highest BCUT2D eigenvalue weighted by Gasteiger charge is 2.06. The Morgan fingerprint density at radius 3 is 2.72 bits per heavy atom. The normalized spacial score (nSPS) is 10.0. The summed E-state index contributed by atoms with van der Waals surface area (Å²) in [5.74, 6) is -0.555. The third-order valence-electron chi connectivity index (χ3n) is 2.22. The minimum Gasteiger partial charge on any atom is -0.397 e. The van der Waals surface area contributed by atoms with E-state index in [1.165, 1.54) is 11.0 Å². The minimum absolute atomic E-state index is 0.00373. The SMILES string of the molecule is CN(C)C(=O)NCCNc1cc(Cl)c(F)cc1N. The molecule has 0 heterocycles. The van der Waals surface area contributed by atoms with Crippen molar-refractivity contribution in [2.45, 2.75) is 0 Å². The largest absolute Gasteiger partial charge is 0.397 e. The molecule has 0 aliphatic carbocycles. The number of anilines is 2. The van der Waals surface area contributed by atoms with E-state index in [1.807, 2.05) is 0 Å². The first-order valence-electron chi connectivity index (χ1n) is 5.35. The molecule has 0 saturated heterocycles. The number of rotatable bonds is 4. The molecule has 0 unspecified atom stereocenters. The van der Waals surface area contributed by atoms with Gasteiger partial charge in [0.15, 0.2) is 0 Å². The van der Waals surface area contributed by atoms with Crippen LogP contribution in [0.15, 0.2) is 12.1 Å². The summed E-state index contributed by atoms with van der Waals surface area (Å²) in [5, 5.41) is 5.64. The molecule has 0 aliphatic rings. The maximum Gasteiger partial charge on any atom is 0.316 e. The number of nitrogen functional groups attached to an aromatic ring is 1. The van der Waals surface area contributed by atoms with Crippen LogP contribution < -0.4 is 16.4 Å². The summed E-state index contributed by atoms with van der Waals surface area (Å²) in [6.45, 7) is 0.886. The molecule has 0 fully saturated rings. The van der Waals surface area contributed by atoms with Gasteiger partial charge in [0.1, 0.15) is 5.82 Å². The van der Waals surface area contributed by atoms with Gasteiger partial charge in [-0.1, -0.05) is 11.6 Å². The molecule has 4 N–H and O–H groups in total. The smallest absolute Gasteiger partial charge is 0.316 e. The number of urea groups is 1. The summed E-state index contributed by atoms with van der Waals surface area (Å²) < 4.78 is 13.0. The van der Waals surface area contributed by atoms with Crippen LogP contribution in [0.4, 0.5) is 20.6 Å². The lowest BCUT2D eigenvalue weighted by Crippen LogP contribution is -2.37. The molecule has 0 bridgehead atoms. The summed E-state index contributed by atoms with van der Waals surface area (Å²) in [6, 6.07) is 2.39. The highest BCUT2D eigenvalue weighted by molar-refractivity contribution is 6.31. The van der Waals surface area contributed by atoms with Gasteiger partial charge >= 0.3 is 6.03 Å². The number of nitrogens with one attached hydrogen (secondary N) is 2. The van der Waals surface area contributed by atoms with Crippen LogP contribution in [0.1, 0.15) is 0 Å². The molecule has 0 aliphatic heterocycles. The fraction of sp³-hybridized carbons (Fsp3) is 0.364. The molecule has 0 spiro atoms. The maximum atomic E-state index is 13.0. The van der Waals surface area contributed by atoms with Gasteiger partial charge in [0.25, 0.3) is 0 Å². The summed E-state index contributed by atoms with van der Waals surface area (Å²) in [4.78, 5) is 12.6. The summed E-state index contributed by atoms with van der Waals surface area (Å²) in [6.07, 6.45) is 0. The van der Waals surface area contributed by atoms with E-state index in [0.29, 0.717) is 18.8 Å². The van der Waals surface area contributed by atoms with Crippen LogP contribution in [-0.2, 0) is 0 Å².